The molecular formula is C12H18N2O3. The predicted octanol–water partition coefficient (Wildman–Crippen LogP) is 2.03. The number of benzene rings is 1. The van der Waals surface area contributed by atoms with Gasteiger partial charge in [-0.25, -0.2) is 4.79 Å². The Bertz CT molecular complexity index is 436. The van der Waals surface area contributed by atoms with Gasteiger partial charge in [-0.2, -0.15) is 0 Å². The van der Waals surface area contributed by atoms with E-state index in [4.69, 9.17) is 20.9 Å². The molecule has 0 saturated heterocycles. The van der Waals surface area contributed by atoms with Gasteiger partial charge in [-0.05, 0) is 11.5 Å². The lowest BCUT2D eigenvalue weighted by Crippen LogP contribution is -2.18. The number of hydrogen-bond donors (Lipinski definition) is 2. The Balaban J connectivity index is 3.29. The number of nitrogen functional groups attached to an aromatic ring is 1. The average Bonchev–Trinajstić information content (AvgIpc) is 2.18. The summed E-state index contributed by atoms with van der Waals surface area (Å²) in [5.74, 6) is 0.824. The minimum Gasteiger partial charge on any atom is -0.496 e. The summed E-state index contributed by atoms with van der Waals surface area (Å²) in [7, 11) is 1.55. The van der Waals surface area contributed by atoms with Gasteiger partial charge in [0, 0.05) is 11.6 Å². The molecule has 0 heterocycles. The van der Waals surface area contributed by atoms with Gasteiger partial charge >= 0.3 is 6.09 Å². The summed E-state index contributed by atoms with van der Waals surface area (Å²) in [6.07, 6.45) is -0.901. The van der Waals surface area contributed by atoms with E-state index >= 15 is 0 Å². The van der Waals surface area contributed by atoms with Gasteiger partial charge in [0.25, 0.3) is 0 Å². The third-order valence-electron chi connectivity index (χ3n) is 2.35. The minimum absolute atomic E-state index is 0.120. The summed E-state index contributed by atoms with van der Waals surface area (Å²) in [4.78, 5) is 10.7. The molecule has 0 radical (unpaired) electrons. The van der Waals surface area contributed by atoms with Crippen LogP contribution in [-0.4, -0.2) is 13.2 Å². The molecule has 0 fully saturated rings. The Labute approximate surface area is 101 Å². The number of hydrogen-bond acceptors (Lipinski definition) is 4. The van der Waals surface area contributed by atoms with E-state index in [2.05, 4.69) is 0 Å². The molecule has 0 bridgehead atoms. The summed E-state index contributed by atoms with van der Waals surface area (Å²) < 4.78 is 10.1. The molecule has 1 aromatic rings. The zero-order valence-electron chi connectivity index (χ0n) is 10.5. The summed E-state index contributed by atoms with van der Waals surface area (Å²) in [6, 6.07) is 3.30. The van der Waals surface area contributed by atoms with E-state index < -0.39 is 6.09 Å². The molecule has 0 aliphatic heterocycles. The molecule has 5 heteroatoms. The SMILES string of the molecule is COc1cc(OC(N)=O)c(N)cc1C(C)(C)C. The molecule has 0 atom stereocenters. The lowest BCUT2D eigenvalue weighted by Gasteiger charge is -2.23. The second-order valence-corrected chi connectivity index (χ2v) is 4.76. The highest BCUT2D eigenvalue weighted by Crippen LogP contribution is 2.37. The van der Waals surface area contributed by atoms with Crippen LogP contribution in [0.5, 0.6) is 11.5 Å². The van der Waals surface area contributed by atoms with Crippen LogP contribution < -0.4 is 20.9 Å². The van der Waals surface area contributed by atoms with E-state index in [9.17, 15) is 4.79 Å². The highest BCUT2D eigenvalue weighted by molar-refractivity contribution is 5.72. The number of ether oxygens (including phenoxy) is 2. The molecule has 0 aromatic heterocycles. The van der Waals surface area contributed by atoms with Crippen LogP contribution in [0.15, 0.2) is 12.1 Å². The number of rotatable bonds is 2. The fourth-order valence-corrected chi connectivity index (χ4v) is 1.53. The second kappa shape index (κ2) is 4.53. The maximum absolute atomic E-state index is 10.7. The summed E-state index contributed by atoms with van der Waals surface area (Å²) in [5.41, 5.74) is 11.9. The number of nitrogens with two attached hydrogens (primary N) is 2. The Hall–Kier alpha value is -1.91. The third-order valence-corrected chi connectivity index (χ3v) is 2.35. The van der Waals surface area contributed by atoms with Crippen LogP contribution in [0, 0.1) is 0 Å². The van der Waals surface area contributed by atoms with Gasteiger partial charge in [0.05, 0.1) is 12.8 Å². The fourth-order valence-electron chi connectivity index (χ4n) is 1.53. The van der Waals surface area contributed by atoms with Gasteiger partial charge in [0.2, 0.25) is 0 Å². The maximum atomic E-state index is 10.7. The van der Waals surface area contributed by atoms with E-state index in [-0.39, 0.29) is 11.2 Å². The van der Waals surface area contributed by atoms with Crippen molar-refractivity contribution >= 4 is 11.8 Å². The number of primary amides is 1. The molecule has 0 unspecified atom stereocenters. The standard InChI is InChI=1S/C12H18N2O3/c1-12(2,3)7-5-8(13)10(17-11(14)15)6-9(7)16-4/h5-6H,13H2,1-4H3,(H2,14,15). The van der Waals surface area contributed by atoms with E-state index in [0.29, 0.717) is 11.4 Å². The van der Waals surface area contributed by atoms with Crippen LogP contribution in [-0.2, 0) is 5.41 Å². The van der Waals surface area contributed by atoms with E-state index in [0.717, 1.165) is 5.56 Å². The van der Waals surface area contributed by atoms with Crippen molar-refractivity contribution in [3.8, 4) is 11.5 Å². The molecule has 0 aliphatic rings. The van der Waals surface area contributed by atoms with Crippen molar-refractivity contribution in [1.29, 1.82) is 0 Å². The molecular weight excluding hydrogens is 220 g/mol. The molecule has 1 rings (SSSR count). The minimum atomic E-state index is -0.901. The zero-order chi connectivity index (χ0) is 13.2. The Morgan fingerprint density at radius 2 is 1.82 bits per heavy atom. The highest BCUT2D eigenvalue weighted by atomic mass is 16.5. The largest absolute Gasteiger partial charge is 0.496 e. The van der Waals surface area contributed by atoms with Crippen LogP contribution in [0.2, 0.25) is 0 Å². The topological polar surface area (TPSA) is 87.6 Å². The van der Waals surface area contributed by atoms with Crippen LogP contribution >= 0.6 is 0 Å². The summed E-state index contributed by atoms with van der Waals surface area (Å²) in [6.45, 7) is 6.12. The van der Waals surface area contributed by atoms with Crippen molar-refractivity contribution in [2.45, 2.75) is 26.2 Å². The van der Waals surface area contributed by atoms with E-state index in [1.54, 1.807) is 19.2 Å². The molecule has 17 heavy (non-hydrogen) atoms. The van der Waals surface area contributed by atoms with Gasteiger partial charge in [-0.3, -0.25) is 0 Å². The number of methoxy groups -OCH3 is 1. The fraction of sp³-hybridized carbons (Fsp3) is 0.417. The van der Waals surface area contributed by atoms with Gasteiger partial charge in [-0.15, -0.1) is 0 Å². The lowest BCUT2D eigenvalue weighted by atomic mass is 9.86. The molecule has 5 nitrogen and oxygen atoms in total. The maximum Gasteiger partial charge on any atom is 0.410 e. The van der Waals surface area contributed by atoms with E-state index in [1.807, 2.05) is 20.8 Å². The number of carbonyl (C=O) groups is 1. The lowest BCUT2D eigenvalue weighted by molar-refractivity contribution is 0.211. The quantitative estimate of drug-likeness (QED) is 0.772. The van der Waals surface area contributed by atoms with Crippen molar-refractivity contribution in [1.82, 2.24) is 0 Å². The van der Waals surface area contributed by atoms with Gasteiger partial charge < -0.3 is 20.9 Å². The van der Waals surface area contributed by atoms with Crippen molar-refractivity contribution in [3.63, 3.8) is 0 Å². The number of amides is 1. The molecule has 0 aliphatic carbocycles. The first-order valence-electron chi connectivity index (χ1n) is 5.21. The van der Waals surface area contributed by atoms with Crippen LogP contribution in [0.1, 0.15) is 26.3 Å². The average molecular weight is 238 g/mol. The number of anilines is 1. The van der Waals surface area contributed by atoms with Crippen LogP contribution in [0.4, 0.5) is 10.5 Å². The third kappa shape index (κ3) is 3.03. The smallest absolute Gasteiger partial charge is 0.410 e. The summed E-state index contributed by atoms with van der Waals surface area (Å²) in [5, 5.41) is 0. The monoisotopic (exact) mass is 238 g/mol. The van der Waals surface area contributed by atoms with Crippen molar-refractivity contribution in [3.05, 3.63) is 17.7 Å². The predicted molar refractivity (Wildman–Crippen MR) is 66.3 cm³/mol. The molecule has 0 spiro atoms. The van der Waals surface area contributed by atoms with Gasteiger partial charge in [-0.1, -0.05) is 20.8 Å². The van der Waals surface area contributed by atoms with E-state index in [1.165, 1.54) is 0 Å². The molecule has 1 aromatic carbocycles. The molecule has 0 saturated carbocycles. The Kier molecular flexibility index (Phi) is 3.50. The van der Waals surface area contributed by atoms with Gasteiger partial charge in [0.1, 0.15) is 5.75 Å². The highest BCUT2D eigenvalue weighted by Gasteiger charge is 2.21. The first-order chi connectivity index (χ1) is 7.75. The van der Waals surface area contributed by atoms with Crippen molar-refractivity contribution in [2.24, 2.45) is 5.73 Å². The van der Waals surface area contributed by atoms with Crippen molar-refractivity contribution in [2.75, 3.05) is 12.8 Å². The second-order valence-electron chi connectivity index (χ2n) is 4.76. The summed E-state index contributed by atoms with van der Waals surface area (Å²) >= 11 is 0. The Morgan fingerprint density at radius 3 is 2.24 bits per heavy atom. The Morgan fingerprint density at radius 1 is 1.24 bits per heavy atom. The molecule has 4 N–H and O–H groups in total. The normalized spacial score (nSPS) is 11.1. The number of carbonyl (C=O) groups excluding carboxylic acids is 1. The van der Waals surface area contributed by atoms with Crippen LogP contribution in [0.25, 0.3) is 0 Å². The molecule has 94 valence electrons. The molecule has 1 amide bonds. The van der Waals surface area contributed by atoms with Crippen LogP contribution in [0.3, 0.4) is 0 Å². The van der Waals surface area contributed by atoms with Gasteiger partial charge in [0.15, 0.2) is 5.75 Å². The first-order valence-corrected chi connectivity index (χ1v) is 5.21. The first kappa shape index (κ1) is 13.2. The van der Waals surface area contributed by atoms with Crippen molar-refractivity contribution < 1.29 is 14.3 Å². The zero-order valence-corrected chi connectivity index (χ0v) is 10.5.